The van der Waals surface area contributed by atoms with Crippen LogP contribution in [0.2, 0.25) is 0 Å². The van der Waals surface area contributed by atoms with Gasteiger partial charge < -0.3 is 5.11 Å². The predicted octanol–water partition coefficient (Wildman–Crippen LogP) is 3.38. The second-order valence-electron chi connectivity index (χ2n) is 4.91. The second-order valence-corrected chi connectivity index (χ2v) is 4.91. The minimum absolute atomic E-state index is 0.120. The van der Waals surface area contributed by atoms with E-state index in [-0.39, 0.29) is 17.0 Å². The van der Waals surface area contributed by atoms with E-state index in [9.17, 15) is 20.0 Å². The van der Waals surface area contributed by atoms with Crippen molar-refractivity contribution in [2.45, 2.75) is 0 Å². The zero-order valence-electron chi connectivity index (χ0n) is 11.9. The summed E-state index contributed by atoms with van der Waals surface area (Å²) < 4.78 is 0. The number of aromatic hydroxyl groups is 1. The highest BCUT2D eigenvalue weighted by Crippen LogP contribution is 2.27. The monoisotopic (exact) mass is 308 g/mol. The molecule has 6 nitrogen and oxygen atoms in total. The Hall–Kier alpha value is -3.41. The van der Waals surface area contributed by atoms with Crippen molar-refractivity contribution in [3.63, 3.8) is 0 Å². The molecule has 0 saturated heterocycles. The van der Waals surface area contributed by atoms with E-state index in [1.165, 1.54) is 24.3 Å². The van der Waals surface area contributed by atoms with Crippen LogP contribution in [-0.2, 0) is 0 Å². The molecular weight excluding hydrogens is 296 g/mol. The van der Waals surface area contributed by atoms with Crippen molar-refractivity contribution in [2.24, 2.45) is 0 Å². The molecule has 0 spiro atoms. The van der Waals surface area contributed by atoms with E-state index < -0.39 is 10.9 Å². The quantitative estimate of drug-likeness (QED) is 0.594. The van der Waals surface area contributed by atoms with Gasteiger partial charge in [-0.1, -0.05) is 42.5 Å². The predicted molar refractivity (Wildman–Crippen MR) is 85.9 cm³/mol. The summed E-state index contributed by atoms with van der Waals surface area (Å²) in [6, 6.07) is 17.8. The average molecular weight is 308 g/mol. The van der Waals surface area contributed by atoms with E-state index in [0.29, 0.717) is 10.4 Å². The molecule has 0 radical (unpaired) electrons. The third-order valence-corrected chi connectivity index (χ3v) is 3.45. The van der Waals surface area contributed by atoms with E-state index in [0.717, 1.165) is 5.39 Å². The molecule has 0 heterocycles. The Balaban J connectivity index is 2.11. The van der Waals surface area contributed by atoms with Gasteiger partial charge in [-0.05, 0) is 40.0 Å². The lowest BCUT2D eigenvalue weighted by atomic mass is 10.1. The number of carbonyl (C=O) groups is 1. The van der Waals surface area contributed by atoms with Gasteiger partial charge in [0.1, 0.15) is 11.4 Å². The Bertz CT molecular complexity index is 893. The maximum Gasteiger partial charge on any atom is 0.323 e. The molecule has 0 aromatic heterocycles. The molecule has 0 aliphatic heterocycles. The van der Waals surface area contributed by atoms with E-state index in [1.807, 2.05) is 0 Å². The number of benzene rings is 3. The first-order chi connectivity index (χ1) is 11.1. The van der Waals surface area contributed by atoms with Crippen LogP contribution in [0, 0.1) is 10.1 Å². The molecule has 0 saturated carbocycles. The van der Waals surface area contributed by atoms with Gasteiger partial charge in [0.15, 0.2) is 5.03 Å². The normalized spacial score (nSPS) is 10.4. The molecule has 3 rings (SSSR count). The fraction of sp³-hybridized carbons (Fsp3) is 0. The highest BCUT2D eigenvalue weighted by molar-refractivity contribution is 6.08. The summed E-state index contributed by atoms with van der Waals surface area (Å²) in [4.78, 5) is 23.9. The number of fused-ring (bicyclic) bond motifs is 1. The molecule has 23 heavy (non-hydrogen) atoms. The van der Waals surface area contributed by atoms with Gasteiger partial charge in [-0.3, -0.25) is 4.79 Å². The van der Waals surface area contributed by atoms with E-state index >= 15 is 0 Å². The number of para-hydroxylation sites is 1. The Labute approximate surface area is 131 Å². The first kappa shape index (κ1) is 14.5. The van der Waals surface area contributed by atoms with Gasteiger partial charge in [-0.25, -0.2) is 10.1 Å². The van der Waals surface area contributed by atoms with E-state index in [2.05, 4.69) is 0 Å². The molecule has 0 unspecified atom stereocenters. The van der Waals surface area contributed by atoms with Gasteiger partial charge in [-0.15, -0.1) is 0 Å². The SMILES string of the molecule is O=C(c1cc2ccccc2cc1O)N(c1ccccc1)[N+](=O)[O-]. The number of hydrazine groups is 1. The zero-order valence-corrected chi connectivity index (χ0v) is 11.9. The molecule has 114 valence electrons. The first-order valence-corrected chi connectivity index (χ1v) is 6.83. The minimum atomic E-state index is -0.899. The summed E-state index contributed by atoms with van der Waals surface area (Å²) in [7, 11) is 0. The summed E-state index contributed by atoms with van der Waals surface area (Å²) in [6.07, 6.45) is 0. The highest BCUT2D eigenvalue weighted by atomic mass is 16.7. The fourth-order valence-corrected chi connectivity index (χ4v) is 2.37. The molecule has 6 heteroatoms. The topological polar surface area (TPSA) is 83.7 Å². The number of phenolic OH excluding ortho intramolecular Hbond substituents is 1. The van der Waals surface area contributed by atoms with Crippen LogP contribution in [0.4, 0.5) is 5.69 Å². The summed E-state index contributed by atoms with van der Waals surface area (Å²) in [5.74, 6) is -1.19. The number of carbonyl (C=O) groups excluding carboxylic acids is 1. The maximum absolute atomic E-state index is 12.6. The van der Waals surface area contributed by atoms with Crippen LogP contribution in [-0.4, -0.2) is 16.0 Å². The van der Waals surface area contributed by atoms with Crippen LogP contribution in [0.5, 0.6) is 5.75 Å². The lowest BCUT2D eigenvalue weighted by Crippen LogP contribution is -2.36. The first-order valence-electron chi connectivity index (χ1n) is 6.83. The van der Waals surface area contributed by atoms with Gasteiger partial charge >= 0.3 is 5.91 Å². The van der Waals surface area contributed by atoms with Crippen LogP contribution < -0.4 is 5.01 Å². The molecule has 0 aliphatic rings. The molecule has 1 amide bonds. The van der Waals surface area contributed by atoms with Crippen molar-refractivity contribution >= 4 is 22.4 Å². The van der Waals surface area contributed by atoms with Crippen LogP contribution >= 0.6 is 0 Å². The van der Waals surface area contributed by atoms with E-state index in [4.69, 9.17) is 0 Å². The molecular formula is C17H12N2O4. The van der Waals surface area contributed by atoms with Gasteiger partial charge in [-0.2, -0.15) is 0 Å². The van der Waals surface area contributed by atoms with Crippen molar-refractivity contribution < 1.29 is 14.9 Å². The minimum Gasteiger partial charge on any atom is -0.507 e. The number of amides is 1. The van der Waals surface area contributed by atoms with Gasteiger partial charge in [0.2, 0.25) is 0 Å². The third-order valence-electron chi connectivity index (χ3n) is 3.45. The number of nitrogens with zero attached hydrogens (tertiary/aromatic N) is 2. The molecule has 3 aromatic carbocycles. The molecule has 1 N–H and O–H groups in total. The average Bonchev–Trinajstić information content (AvgIpc) is 2.55. The van der Waals surface area contributed by atoms with Crippen molar-refractivity contribution in [3.8, 4) is 5.75 Å². The summed E-state index contributed by atoms with van der Waals surface area (Å²) >= 11 is 0. The van der Waals surface area contributed by atoms with Gasteiger partial charge in [0, 0.05) is 0 Å². The Kier molecular flexibility index (Phi) is 3.64. The number of anilines is 1. The Morgan fingerprint density at radius 3 is 2.13 bits per heavy atom. The fourth-order valence-electron chi connectivity index (χ4n) is 2.37. The smallest absolute Gasteiger partial charge is 0.323 e. The van der Waals surface area contributed by atoms with Crippen LogP contribution in [0.3, 0.4) is 0 Å². The Morgan fingerprint density at radius 1 is 0.957 bits per heavy atom. The highest BCUT2D eigenvalue weighted by Gasteiger charge is 2.30. The molecule has 0 bridgehead atoms. The maximum atomic E-state index is 12.6. The second kappa shape index (κ2) is 5.76. The van der Waals surface area contributed by atoms with Gasteiger partial charge in [0.25, 0.3) is 0 Å². The van der Waals surface area contributed by atoms with Gasteiger partial charge in [0.05, 0.1) is 5.56 Å². The summed E-state index contributed by atoms with van der Waals surface area (Å²) in [6.45, 7) is 0. The summed E-state index contributed by atoms with van der Waals surface area (Å²) in [5, 5.41) is 22.5. The third kappa shape index (κ3) is 2.69. The number of hydrogen-bond donors (Lipinski definition) is 1. The Morgan fingerprint density at radius 2 is 1.52 bits per heavy atom. The van der Waals surface area contributed by atoms with Crippen molar-refractivity contribution in [2.75, 3.05) is 5.01 Å². The lowest BCUT2D eigenvalue weighted by molar-refractivity contribution is -0.481. The number of nitro groups is 1. The standard InChI is InChI=1S/C17H12N2O4/c20-16-11-13-7-5-4-6-12(13)10-15(16)17(21)18(19(22)23)14-8-2-1-3-9-14/h1-11,20H. The molecule has 0 aliphatic carbocycles. The number of phenols is 1. The summed E-state index contributed by atoms with van der Waals surface area (Å²) in [5.41, 5.74) is -0.000637. The van der Waals surface area contributed by atoms with Crippen LogP contribution in [0.1, 0.15) is 10.4 Å². The number of hydrogen-bond acceptors (Lipinski definition) is 4. The largest absolute Gasteiger partial charge is 0.507 e. The molecule has 3 aromatic rings. The van der Waals surface area contributed by atoms with Crippen molar-refractivity contribution in [1.82, 2.24) is 0 Å². The molecule has 0 atom stereocenters. The zero-order chi connectivity index (χ0) is 16.4. The van der Waals surface area contributed by atoms with Crippen molar-refractivity contribution in [3.05, 3.63) is 82.4 Å². The van der Waals surface area contributed by atoms with Crippen LogP contribution in [0.15, 0.2) is 66.7 Å². The lowest BCUT2D eigenvalue weighted by Gasteiger charge is -2.13. The number of rotatable bonds is 3. The van der Waals surface area contributed by atoms with Crippen LogP contribution in [0.25, 0.3) is 10.8 Å². The van der Waals surface area contributed by atoms with E-state index in [1.54, 1.807) is 42.5 Å². The molecule has 0 fully saturated rings. The van der Waals surface area contributed by atoms with Crippen molar-refractivity contribution in [1.29, 1.82) is 0 Å².